The Labute approximate surface area is 154 Å². The third kappa shape index (κ3) is 4.92. The molecule has 1 unspecified atom stereocenters. The highest BCUT2D eigenvalue weighted by Crippen LogP contribution is 2.22. The van der Waals surface area contributed by atoms with Crippen LogP contribution >= 0.6 is 12.2 Å². The molecule has 0 aliphatic carbocycles. The molecule has 3 heterocycles. The summed E-state index contributed by atoms with van der Waals surface area (Å²) in [5.74, 6) is 3.92. The zero-order valence-electron chi connectivity index (χ0n) is 15.0. The molecule has 1 aliphatic heterocycles. The fraction of sp³-hybridized carbons (Fsp3) is 0.500. The molecule has 2 aromatic rings. The summed E-state index contributed by atoms with van der Waals surface area (Å²) in [6.45, 7) is 8.80. The van der Waals surface area contributed by atoms with Gasteiger partial charge in [-0.05, 0) is 57.0 Å². The highest BCUT2D eigenvalue weighted by Gasteiger charge is 2.18. The van der Waals surface area contributed by atoms with Crippen molar-refractivity contribution in [2.24, 2.45) is 5.92 Å². The lowest BCUT2D eigenvalue weighted by atomic mass is 10.0. The molecule has 3 rings (SSSR count). The highest BCUT2D eigenvalue weighted by atomic mass is 32.1. The first-order valence-corrected chi connectivity index (χ1v) is 9.11. The molecule has 1 aliphatic rings. The lowest BCUT2D eigenvalue weighted by molar-refractivity contribution is 0.444. The van der Waals surface area contributed by atoms with Gasteiger partial charge in [0.25, 0.3) is 0 Å². The van der Waals surface area contributed by atoms with E-state index in [1.165, 1.54) is 12.8 Å². The van der Waals surface area contributed by atoms with Crippen LogP contribution in [0.5, 0.6) is 0 Å². The summed E-state index contributed by atoms with van der Waals surface area (Å²) >= 11 is 5.35. The van der Waals surface area contributed by atoms with Crippen molar-refractivity contribution in [1.82, 2.24) is 15.3 Å². The average molecular weight is 359 g/mol. The van der Waals surface area contributed by atoms with Crippen molar-refractivity contribution in [3.63, 3.8) is 0 Å². The second kappa shape index (κ2) is 7.82. The quantitative estimate of drug-likeness (QED) is 0.811. The summed E-state index contributed by atoms with van der Waals surface area (Å²) in [5.41, 5.74) is 0.926. The van der Waals surface area contributed by atoms with Crippen molar-refractivity contribution in [2.45, 2.75) is 40.2 Å². The summed E-state index contributed by atoms with van der Waals surface area (Å²) in [4.78, 5) is 11.4. The molecular weight excluding hydrogens is 334 g/mol. The second-order valence-corrected chi connectivity index (χ2v) is 7.11. The van der Waals surface area contributed by atoms with Gasteiger partial charge in [-0.25, -0.2) is 4.98 Å². The first-order chi connectivity index (χ1) is 12.0. The minimum atomic E-state index is 0.484. The van der Waals surface area contributed by atoms with Gasteiger partial charge in [-0.1, -0.05) is 6.92 Å². The first-order valence-electron chi connectivity index (χ1n) is 8.70. The molecule has 1 fully saturated rings. The Morgan fingerprint density at radius 2 is 2.20 bits per heavy atom. The third-order valence-corrected chi connectivity index (χ3v) is 4.51. The maximum absolute atomic E-state index is 5.52. The second-order valence-electron chi connectivity index (χ2n) is 6.70. The number of anilines is 2. The normalized spacial score (nSPS) is 17.4. The van der Waals surface area contributed by atoms with Crippen LogP contribution in [0.15, 0.2) is 22.6 Å². The van der Waals surface area contributed by atoms with Crippen molar-refractivity contribution < 1.29 is 4.42 Å². The van der Waals surface area contributed by atoms with E-state index >= 15 is 0 Å². The zero-order chi connectivity index (χ0) is 17.8. The van der Waals surface area contributed by atoms with Crippen molar-refractivity contribution in [2.75, 3.05) is 23.3 Å². The van der Waals surface area contributed by atoms with E-state index in [0.29, 0.717) is 23.5 Å². The maximum atomic E-state index is 5.52. The number of piperidine rings is 1. The van der Waals surface area contributed by atoms with E-state index in [9.17, 15) is 0 Å². The van der Waals surface area contributed by atoms with Gasteiger partial charge in [0.2, 0.25) is 5.95 Å². The smallest absolute Gasteiger partial charge is 0.231 e. The van der Waals surface area contributed by atoms with Gasteiger partial charge in [-0.15, -0.1) is 0 Å². The van der Waals surface area contributed by atoms with Gasteiger partial charge in [-0.3, -0.25) is 0 Å². The Morgan fingerprint density at radius 1 is 1.36 bits per heavy atom. The monoisotopic (exact) mass is 359 g/mol. The van der Waals surface area contributed by atoms with E-state index in [4.69, 9.17) is 16.6 Å². The Balaban J connectivity index is 1.62. The van der Waals surface area contributed by atoms with Crippen molar-refractivity contribution in [3.05, 3.63) is 35.4 Å². The molecule has 0 bridgehead atoms. The van der Waals surface area contributed by atoms with E-state index in [2.05, 4.69) is 32.4 Å². The molecule has 1 atom stereocenters. The van der Waals surface area contributed by atoms with Crippen LogP contribution in [-0.4, -0.2) is 28.2 Å². The molecule has 7 heteroatoms. The van der Waals surface area contributed by atoms with E-state index in [0.717, 1.165) is 36.1 Å². The van der Waals surface area contributed by atoms with E-state index in [-0.39, 0.29) is 0 Å². The van der Waals surface area contributed by atoms with Crippen LogP contribution in [0.2, 0.25) is 0 Å². The molecule has 0 aromatic carbocycles. The Morgan fingerprint density at radius 3 is 2.92 bits per heavy atom. The summed E-state index contributed by atoms with van der Waals surface area (Å²) in [7, 11) is 0. The minimum Gasteiger partial charge on any atom is -0.465 e. The fourth-order valence-electron chi connectivity index (χ4n) is 3.06. The summed E-state index contributed by atoms with van der Waals surface area (Å²) < 4.78 is 5.52. The fourth-order valence-corrected chi connectivity index (χ4v) is 3.22. The molecule has 0 radical (unpaired) electrons. The number of aryl methyl sites for hydroxylation is 2. The Bertz CT molecular complexity index is 745. The molecule has 2 N–H and O–H groups in total. The van der Waals surface area contributed by atoms with Crippen molar-refractivity contribution in [3.8, 4) is 0 Å². The van der Waals surface area contributed by atoms with Crippen molar-refractivity contribution in [1.29, 1.82) is 0 Å². The first kappa shape index (κ1) is 17.7. The van der Waals surface area contributed by atoms with E-state index in [1.54, 1.807) is 0 Å². The number of rotatable bonds is 4. The van der Waals surface area contributed by atoms with Gasteiger partial charge in [0.1, 0.15) is 17.3 Å². The van der Waals surface area contributed by atoms with Gasteiger partial charge in [0.15, 0.2) is 5.11 Å². The molecule has 6 nitrogen and oxygen atoms in total. The van der Waals surface area contributed by atoms with E-state index < -0.39 is 0 Å². The molecular formula is C18H25N5OS. The summed E-state index contributed by atoms with van der Waals surface area (Å²) in [6.07, 6.45) is 2.49. The molecule has 25 heavy (non-hydrogen) atoms. The van der Waals surface area contributed by atoms with Crippen LogP contribution in [0, 0.1) is 19.8 Å². The predicted octanol–water partition coefficient (Wildman–Crippen LogP) is 3.41. The molecule has 134 valence electrons. The predicted molar refractivity (Wildman–Crippen MR) is 104 cm³/mol. The molecule has 0 saturated carbocycles. The third-order valence-electron chi connectivity index (χ3n) is 4.27. The van der Waals surface area contributed by atoms with Crippen LogP contribution in [0.4, 0.5) is 11.8 Å². The standard InChI is InChI=1S/C18H25N5OS/c1-12-5-4-8-23(11-12)16-9-13(2)20-17(21-16)22-18(25)19-10-15-7-6-14(3)24-15/h6-7,9,12H,4-5,8,10-11H2,1-3H3,(H2,19,20,21,22,25). The van der Waals surface area contributed by atoms with Gasteiger partial charge >= 0.3 is 0 Å². The summed E-state index contributed by atoms with van der Waals surface area (Å²) in [6, 6.07) is 5.90. The van der Waals surface area contributed by atoms with E-state index in [1.807, 2.05) is 32.0 Å². The zero-order valence-corrected chi connectivity index (χ0v) is 15.8. The SMILES string of the molecule is Cc1cc(N2CCCC(C)C2)nc(NC(=S)NCc2ccc(C)o2)n1. The molecule has 0 spiro atoms. The number of thiocarbonyl (C=S) groups is 1. The maximum Gasteiger partial charge on any atom is 0.231 e. The number of hydrogen-bond donors (Lipinski definition) is 2. The largest absolute Gasteiger partial charge is 0.465 e. The lowest BCUT2D eigenvalue weighted by Crippen LogP contribution is -2.35. The number of nitrogens with zero attached hydrogens (tertiary/aromatic N) is 3. The summed E-state index contributed by atoms with van der Waals surface area (Å²) in [5, 5.41) is 6.68. The number of hydrogen-bond acceptors (Lipinski definition) is 5. The van der Waals surface area contributed by atoms with Crippen LogP contribution in [0.1, 0.15) is 37.0 Å². The van der Waals surface area contributed by atoms with Gasteiger partial charge in [0.05, 0.1) is 6.54 Å². The van der Waals surface area contributed by atoms with Crippen LogP contribution < -0.4 is 15.5 Å². The Hall–Kier alpha value is -2.15. The minimum absolute atomic E-state index is 0.484. The van der Waals surface area contributed by atoms with Gasteiger partial charge in [-0.2, -0.15) is 4.98 Å². The molecule has 1 saturated heterocycles. The highest BCUT2D eigenvalue weighted by molar-refractivity contribution is 7.80. The van der Waals surface area contributed by atoms with Gasteiger partial charge < -0.3 is 20.0 Å². The average Bonchev–Trinajstić information content (AvgIpc) is 2.98. The van der Waals surface area contributed by atoms with Crippen LogP contribution in [0.25, 0.3) is 0 Å². The Kier molecular flexibility index (Phi) is 5.53. The molecule has 2 aromatic heterocycles. The topological polar surface area (TPSA) is 66.2 Å². The van der Waals surface area contributed by atoms with Gasteiger partial charge in [0, 0.05) is 24.8 Å². The number of furan rings is 1. The number of aromatic nitrogens is 2. The lowest BCUT2D eigenvalue weighted by Gasteiger charge is -2.32. The van der Waals surface area contributed by atoms with Crippen molar-refractivity contribution >= 4 is 29.1 Å². The van der Waals surface area contributed by atoms with Crippen LogP contribution in [-0.2, 0) is 6.54 Å². The number of nitrogens with one attached hydrogen (secondary N) is 2. The van der Waals surface area contributed by atoms with Crippen LogP contribution in [0.3, 0.4) is 0 Å². The molecule has 0 amide bonds.